The summed E-state index contributed by atoms with van der Waals surface area (Å²) in [6, 6.07) is 25.7. The zero-order valence-electron chi connectivity index (χ0n) is 20.9. The van der Waals surface area contributed by atoms with E-state index in [0.717, 1.165) is 29.1 Å². The quantitative estimate of drug-likeness (QED) is 0.252. The van der Waals surface area contributed by atoms with Crippen LogP contribution >= 0.6 is 11.6 Å². The topological polar surface area (TPSA) is 56.7 Å². The maximum atomic E-state index is 6.13. The first-order valence-corrected chi connectivity index (χ1v) is 12.8. The van der Waals surface area contributed by atoms with Gasteiger partial charge < -0.3 is 10.3 Å². The van der Waals surface area contributed by atoms with Crippen molar-refractivity contribution in [1.29, 1.82) is 0 Å². The summed E-state index contributed by atoms with van der Waals surface area (Å²) >= 11 is 6.13. The van der Waals surface area contributed by atoms with Gasteiger partial charge in [-0.25, -0.2) is 9.97 Å². The van der Waals surface area contributed by atoms with E-state index in [1.165, 1.54) is 27.6 Å². The van der Waals surface area contributed by atoms with Gasteiger partial charge in [-0.3, -0.25) is 0 Å². The Labute approximate surface area is 217 Å². The number of rotatable bonds is 7. The molecule has 4 nitrogen and oxygen atoms in total. The molecule has 5 heteroatoms. The third-order valence-corrected chi connectivity index (χ3v) is 7.74. The fourth-order valence-electron chi connectivity index (χ4n) is 5.57. The molecule has 2 aromatic heterocycles. The predicted molar refractivity (Wildman–Crippen MR) is 150 cm³/mol. The molecule has 5 aromatic rings. The van der Waals surface area contributed by atoms with Gasteiger partial charge in [0.2, 0.25) is 5.95 Å². The van der Waals surface area contributed by atoms with Crippen LogP contribution in [0.2, 0.25) is 5.02 Å². The van der Waals surface area contributed by atoms with Crippen molar-refractivity contribution in [2.45, 2.75) is 39.2 Å². The Morgan fingerprint density at radius 3 is 2.19 bits per heavy atom. The minimum atomic E-state index is -0.138. The lowest BCUT2D eigenvalue weighted by atomic mass is 9.65. The highest BCUT2D eigenvalue weighted by atomic mass is 35.5. The third-order valence-electron chi connectivity index (χ3n) is 7.48. The van der Waals surface area contributed by atoms with Gasteiger partial charge in [0.25, 0.3) is 0 Å². The van der Waals surface area contributed by atoms with Crippen molar-refractivity contribution in [3.8, 4) is 11.1 Å². The number of hydrogen-bond donors (Lipinski definition) is 1. The number of aromatic nitrogens is 3. The molecule has 0 aliphatic carbocycles. The normalized spacial score (nSPS) is 13.2. The number of nitrogens with zero attached hydrogens (tertiary/aromatic N) is 3. The second-order valence-electron chi connectivity index (χ2n) is 9.70. The molecule has 0 bridgehead atoms. The molecule has 3 aromatic carbocycles. The Bertz CT molecular complexity index is 1470. The van der Waals surface area contributed by atoms with Gasteiger partial charge in [-0.05, 0) is 52.8 Å². The van der Waals surface area contributed by atoms with Gasteiger partial charge in [0.05, 0.1) is 0 Å². The maximum absolute atomic E-state index is 6.13. The van der Waals surface area contributed by atoms with Gasteiger partial charge in [0, 0.05) is 52.0 Å². The smallest absolute Gasteiger partial charge is 0.219 e. The van der Waals surface area contributed by atoms with Crippen LogP contribution in [0, 0.1) is 5.92 Å². The van der Waals surface area contributed by atoms with Crippen molar-refractivity contribution < 1.29 is 0 Å². The highest BCUT2D eigenvalue weighted by molar-refractivity contribution is 6.30. The van der Waals surface area contributed by atoms with E-state index in [9.17, 15) is 0 Å². The fraction of sp³-hybridized carbons (Fsp3) is 0.226. The zero-order chi connectivity index (χ0) is 25.3. The molecule has 0 radical (unpaired) electrons. The molecule has 0 aliphatic heterocycles. The average molecular weight is 495 g/mol. The minimum absolute atomic E-state index is 0.138. The summed E-state index contributed by atoms with van der Waals surface area (Å²) in [6.07, 6.45) is 6.91. The predicted octanol–water partition coefficient (Wildman–Crippen LogP) is 7.73. The maximum Gasteiger partial charge on any atom is 0.219 e. The van der Waals surface area contributed by atoms with Crippen LogP contribution in [0.4, 0.5) is 5.95 Å². The molecular weight excluding hydrogens is 464 g/mol. The van der Waals surface area contributed by atoms with E-state index in [2.05, 4.69) is 102 Å². The summed E-state index contributed by atoms with van der Waals surface area (Å²) in [5.74, 6) is 0.679. The largest absolute Gasteiger partial charge is 0.368 e. The summed E-state index contributed by atoms with van der Waals surface area (Å²) < 4.78 is 2.38. The van der Waals surface area contributed by atoms with Crippen molar-refractivity contribution in [2.24, 2.45) is 5.92 Å². The summed E-state index contributed by atoms with van der Waals surface area (Å²) in [4.78, 5) is 8.30. The Hall–Kier alpha value is -3.63. The van der Waals surface area contributed by atoms with Crippen molar-refractivity contribution in [2.75, 3.05) is 5.73 Å². The molecule has 0 fully saturated rings. The van der Waals surface area contributed by atoms with E-state index >= 15 is 0 Å². The van der Waals surface area contributed by atoms with E-state index in [1.54, 1.807) is 12.4 Å². The van der Waals surface area contributed by atoms with Crippen LogP contribution < -0.4 is 5.73 Å². The van der Waals surface area contributed by atoms with Crippen LogP contribution in [0.3, 0.4) is 0 Å². The molecular formula is C31H31ClN4. The molecule has 1 atom stereocenters. The second-order valence-corrected chi connectivity index (χ2v) is 10.1. The highest BCUT2D eigenvalue weighted by Crippen LogP contribution is 2.46. The van der Waals surface area contributed by atoms with Crippen LogP contribution in [0.1, 0.15) is 43.9 Å². The number of anilines is 1. The van der Waals surface area contributed by atoms with E-state index < -0.39 is 0 Å². The lowest BCUT2D eigenvalue weighted by molar-refractivity contribution is 0.360. The Morgan fingerprint density at radius 1 is 0.889 bits per heavy atom. The molecule has 2 heterocycles. The van der Waals surface area contributed by atoms with Gasteiger partial charge >= 0.3 is 0 Å². The molecule has 5 rings (SSSR count). The van der Waals surface area contributed by atoms with Gasteiger partial charge in [-0.15, -0.1) is 0 Å². The second kappa shape index (κ2) is 9.79. The van der Waals surface area contributed by atoms with Gasteiger partial charge in [-0.2, -0.15) is 0 Å². The van der Waals surface area contributed by atoms with Gasteiger partial charge in [-0.1, -0.05) is 87.0 Å². The molecule has 0 saturated carbocycles. The number of hydrogen-bond acceptors (Lipinski definition) is 3. The number of halogens is 1. The molecule has 0 aliphatic rings. The fourth-order valence-corrected chi connectivity index (χ4v) is 5.70. The minimum Gasteiger partial charge on any atom is -0.368 e. The summed E-state index contributed by atoms with van der Waals surface area (Å²) in [7, 11) is 0. The standard InChI is InChI=1S/C31H31ClN4/c1-4-31(21(2)3,25-13-11-23(12-14-25)24-17-34-30(33)35-18-24)28-20-36(29-8-6-5-7-27(28)29)19-22-9-15-26(32)16-10-22/h5-18,20-21H,4,19H2,1-3H3,(H2,33,34,35). The number of benzene rings is 3. The lowest BCUT2D eigenvalue weighted by Crippen LogP contribution is -2.33. The van der Waals surface area contributed by atoms with E-state index in [-0.39, 0.29) is 11.4 Å². The van der Waals surface area contributed by atoms with Crippen molar-refractivity contribution >= 4 is 28.5 Å². The van der Waals surface area contributed by atoms with Crippen molar-refractivity contribution in [3.05, 3.63) is 113 Å². The summed E-state index contributed by atoms with van der Waals surface area (Å²) in [6.45, 7) is 7.76. The van der Waals surface area contributed by atoms with Crippen molar-refractivity contribution in [1.82, 2.24) is 14.5 Å². The average Bonchev–Trinajstić information content (AvgIpc) is 3.25. The number of fused-ring (bicyclic) bond motifs is 1. The van der Waals surface area contributed by atoms with Crippen molar-refractivity contribution in [3.63, 3.8) is 0 Å². The third kappa shape index (κ3) is 4.27. The van der Waals surface area contributed by atoms with Crippen LogP contribution in [-0.2, 0) is 12.0 Å². The first kappa shape index (κ1) is 24.1. The summed E-state index contributed by atoms with van der Waals surface area (Å²) in [5.41, 5.74) is 12.7. The zero-order valence-corrected chi connectivity index (χ0v) is 21.7. The van der Waals surface area contributed by atoms with E-state index in [0.29, 0.717) is 5.92 Å². The first-order chi connectivity index (χ1) is 17.4. The van der Waals surface area contributed by atoms with Crippen LogP contribution in [0.5, 0.6) is 0 Å². The number of nitrogens with two attached hydrogens (primary N) is 1. The molecule has 36 heavy (non-hydrogen) atoms. The molecule has 0 amide bonds. The molecule has 182 valence electrons. The first-order valence-electron chi connectivity index (χ1n) is 12.4. The van der Waals surface area contributed by atoms with Crippen LogP contribution in [-0.4, -0.2) is 14.5 Å². The Balaban J connectivity index is 1.62. The molecule has 1 unspecified atom stereocenters. The molecule has 0 spiro atoms. The summed E-state index contributed by atoms with van der Waals surface area (Å²) in [5, 5.41) is 2.06. The number of nitrogen functional groups attached to an aromatic ring is 1. The van der Waals surface area contributed by atoms with Gasteiger partial charge in [0.15, 0.2) is 0 Å². The van der Waals surface area contributed by atoms with Crippen LogP contribution in [0.15, 0.2) is 91.4 Å². The number of para-hydroxylation sites is 1. The molecule has 2 N–H and O–H groups in total. The highest BCUT2D eigenvalue weighted by Gasteiger charge is 2.38. The Kier molecular flexibility index (Phi) is 6.55. The monoisotopic (exact) mass is 494 g/mol. The van der Waals surface area contributed by atoms with E-state index in [4.69, 9.17) is 17.3 Å². The van der Waals surface area contributed by atoms with E-state index in [1.807, 2.05) is 12.1 Å². The molecule has 0 saturated heterocycles. The lowest BCUT2D eigenvalue weighted by Gasteiger charge is -2.38. The van der Waals surface area contributed by atoms with Crippen LogP contribution in [0.25, 0.3) is 22.0 Å². The SMILES string of the molecule is CCC(c1ccc(-c2cnc(N)nc2)cc1)(c1cn(Cc2ccc(Cl)cc2)c2ccccc12)C(C)C. The Morgan fingerprint density at radius 2 is 1.56 bits per heavy atom. The van der Waals surface area contributed by atoms with Gasteiger partial charge in [0.1, 0.15) is 0 Å².